The Labute approximate surface area is 110 Å². The average Bonchev–Trinajstić information content (AvgIpc) is 2.40. The number of nitrogens with one attached hydrogen (secondary N) is 1. The molecule has 0 spiro atoms. The zero-order valence-electron chi connectivity index (χ0n) is 9.76. The molecular formula is C13H11ClN4. The van der Waals surface area contributed by atoms with Crippen molar-refractivity contribution in [3.63, 3.8) is 0 Å². The third-order valence-electron chi connectivity index (χ3n) is 2.50. The van der Waals surface area contributed by atoms with Gasteiger partial charge in [-0.05, 0) is 25.1 Å². The Balaban J connectivity index is 2.15. The molecule has 2 aromatic rings. The van der Waals surface area contributed by atoms with Crippen LogP contribution in [0.5, 0.6) is 0 Å². The van der Waals surface area contributed by atoms with E-state index >= 15 is 0 Å². The Morgan fingerprint density at radius 2 is 2.22 bits per heavy atom. The first-order chi connectivity index (χ1) is 8.70. The van der Waals surface area contributed by atoms with Gasteiger partial charge in [0.2, 0.25) is 0 Å². The van der Waals surface area contributed by atoms with Gasteiger partial charge >= 0.3 is 0 Å². The topological polar surface area (TPSA) is 61.6 Å². The van der Waals surface area contributed by atoms with E-state index in [0.717, 1.165) is 11.4 Å². The van der Waals surface area contributed by atoms with E-state index in [1.54, 1.807) is 30.7 Å². The average molecular weight is 259 g/mol. The van der Waals surface area contributed by atoms with E-state index in [-0.39, 0.29) is 6.04 Å². The maximum atomic E-state index is 8.80. The van der Waals surface area contributed by atoms with E-state index < -0.39 is 0 Å². The smallest absolute Gasteiger partial charge is 0.101 e. The first-order valence-electron chi connectivity index (χ1n) is 5.43. The van der Waals surface area contributed by atoms with Crippen LogP contribution >= 0.6 is 11.6 Å². The van der Waals surface area contributed by atoms with Crippen molar-refractivity contribution in [2.24, 2.45) is 0 Å². The van der Waals surface area contributed by atoms with Crippen molar-refractivity contribution in [2.75, 3.05) is 5.32 Å². The molecule has 1 N–H and O–H groups in total. The Morgan fingerprint density at radius 1 is 1.39 bits per heavy atom. The molecule has 1 unspecified atom stereocenters. The fourth-order valence-electron chi connectivity index (χ4n) is 1.55. The van der Waals surface area contributed by atoms with Crippen LogP contribution in [0.25, 0.3) is 0 Å². The van der Waals surface area contributed by atoms with Crippen LogP contribution in [0.15, 0.2) is 36.8 Å². The Hall–Kier alpha value is -2.12. The van der Waals surface area contributed by atoms with Crippen LogP contribution in [0.4, 0.5) is 5.69 Å². The van der Waals surface area contributed by atoms with Gasteiger partial charge in [-0.1, -0.05) is 11.6 Å². The summed E-state index contributed by atoms with van der Waals surface area (Å²) in [5.41, 5.74) is 2.16. The van der Waals surface area contributed by atoms with Crippen LogP contribution in [0.3, 0.4) is 0 Å². The number of nitrogens with zero attached hydrogens (tertiary/aromatic N) is 3. The van der Waals surface area contributed by atoms with Crippen LogP contribution in [0.2, 0.25) is 5.02 Å². The molecule has 0 saturated carbocycles. The summed E-state index contributed by atoms with van der Waals surface area (Å²) >= 11 is 5.97. The number of benzene rings is 1. The summed E-state index contributed by atoms with van der Waals surface area (Å²) in [5.74, 6) is 0. The molecule has 0 saturated heterocycles. The minimum absolute atomic E-state index is 0.0164. The van der Waals surface area contributed by atoms with Gasteiger partial charge in [-0.25, -0.2) is 0 Å². The summed E-state index contributed by atoms with van der Waals surface area (Å²) in [5, 5.41) is 12.5. The lowest BCUT2D eigenvalue weighted by Gasteiger charge is -2.14. The second kappa shape index (κ2) is 5.48. The number of rotatable bonds is 3. The monoisotopic (exact) mass is 258 g/mol. The van der Waals surface area contributed by atoms with E-state index in [2.05, 4.69) is 15.3 Å². The van der Waals surface area contributed by atoms with E-state index in [0.29, 0.717) is 10.6 Å². The lowest BCUT2D eigenvalue weighted by atomic mass is 10.2. The first-order valence-corrected chi connectivity index (χ1v) is 5.80. The number of hydrogen-bond donors (Lipinski definition) is 1. The highest BCUT2D eigenvalue weighted by Gasteiger charge is 2.07. The molecule has 0 aliphatic carbocycles. The predicted octanol–water partition coefficient (Wildman–Crippen LogP) is 3.17. The van der Waals surface area contributed by atoms with Crippen molar-refractivity contribution in [2.45, 2.75) is 13.0 Å². The Bertz CT molecular complexity index is 577. The number of nitriles is 1. The lowest BCUT2D eigenvalue weighted by molar-refractivity contribution is 0.827. The molecule has 0 aliphatic rings. The van der Waals surface area contributed by atoms with E-state index in [4.69, 9.17) is 16.9 Å². The molecule has 90 valence electrons. The highest BCUT2D eigenvalue weighted by atomic mass is 35.5. The molecular weight excluding hydrogens is 248 g/mol. The molecule has 4 nitrogen and oxygen atoms in total. The van der Waals surface area contributed by atoms with Gasteiger partial charge in [-0.3, -0.25) is 9.97 Å². The van der Waals surface area contributed by atoms with Gasteiger partial charge in [0.25, 0.3) is 0 Å². The van der Waals surface area contributed by atoms with E-state index in [1.165, 1.54) is 0 Å². The molecule has 2 rings (SSSR count). The quantitative estimate of drug-likeness (QED) is 0.919. The third-order valence-corrected chi connectivity index (χ3v) is 2.81. The van der Waals surface area contributed by atoms with Gasteiger partial charge in [0, 0.05) is 18.1 Å². The highest BCUT2D eigenvalue weighted by Crippen LogP contribution is 2.23. The second-order valence-corrected chi connectivity index (χ2v) is 4.21. The minimum atomic E-state index is 0.0164. The number of halogens is 1. The van der Waals surface area contributed by atoms with Crippen LogP contribution in [-0.2, 0) is 0 Å². The number of hydrogen-bond acceptors (Lipinski definition) is 4. The highest BCUT2D eigenvalue weighted by molar-refractivity contribution is 6.32. The second-order valence-electron chi connectivity index (χ2n) is 3.80. The van der Waals surface area contributed by atoms with Gasteiger partial charge in [0.15, 0.2) is 0 Å². The number of anilines is 1. The molecule has 0 amide bonds. The summed E-state index contributed by atoms with van der Waals surface area (Å²) in [6.45, 7) is 1.98. The maximum absolute atomic E-state index is 8.80. The standard InChI is InChI=1S/C13H11ClN4/c1-9(13-8-16-4-5-17-13)18-11-3-2-10(7-15)12(14)6-11/h2-6,8-9,18H,1H3. The maximum Gasteiger partial charge on any atom is 0.101 e. The summed E-state index contributed by atoms with van der Waals surface area (Å²) in [6, 6.07) is 7.28. The molecule has 0 bridgehead atoms. The van der Waals surface area contributed by atoms with Gasteiger partial charge < -0.3 is 5.32 Å². The Kier molecular flexibility index (Phi) is 3.75. The SMILES string of the molecule is CC(Nc1ccc(C#N)c(Cl)c1)c1cnccn1. The third kappa shape index (κ3) is 2.76. The summed E-state index contributed by atoms with van der Waals surface area (Å²) < 4.78 is 0. The van der Waals surface area contributed by atoms with Gasteiger partial charge in [-0.15, -0.1) is 0 Å². The zero-order valence-corrected chi connectivity index (χ0v) is 10.5. The molecule has 1 aromatic carbocycles. The number of aromatic nitrogens is 2. The molecule has 0 fully saturated rings. The van der Waals surface area contributed by atoms with Crippen LogP contribution < -0.4 is 5.32 Å². The molecule has 18 heavy (non-hydrogen) atoms. The molecule has 1 atom stereocenters. The molecule has 1 heterocycles. The van der Waals surface area contributed by atoms with Crippen molar-refractivity contribution < 1.29 is 0 Å². The van der Waals surface area contributed by atoms with E-state index in [9.17, 15) is 0 Å². The minimum Gasteiger partial charge on any atom is -0.377 e. The fraction of sp³-hybridized carbons (Fsp3) is 0.154. The van der Waals surface area contributed by atoms with Gasteiger partial charge in [0.05, 0.1) is 28.5 Å². The van der Waals surface area contributed by atoms with Crippen molar-refractivity contribution in [3.8, 4) is 6.07 Å². The van der Waals surface area contributed by atoms with Gasteiger partial charge in [0.1, 0.15) is 6.07 Å². The van der Waals surface area contributed by atoms with E-state index in [1.807, 2.05) is 19.1 Å². The molecule has 0 aliphatic heterocycles. The van der Waals surface area contributed by atoms with Crippen LogP contribution in [0, 0.1) is 11.3 Å². The Morgan fingerprint density at radius 3 is 2.83 bits per heavy atom. The molecule has 5 heteroatoms. The lowest BCUT2D eigenvalue weighted by Crippen LogP contribution is -2.08. The zero-order chi connectivity index (χ0) is 13.0. The van der Waals surface area contributed by atoms with Gasteiger partial charge in [-0.2, -0.15) is 5.26 Å². The fourth-order valence-corrected chi connectivity index (χ4v) is 1.78. The van der Waals surface area contributed by atoms with Crippen LogP contribution in [-0.4, -0.2) is 9.97 Å². The van der Waals surface area contributed by atoms with Crippen LogP contribution in [0.1, 0.15) is 24.2 Å². The van der Waals surface area contributed by atoms with Crippen molar-refractivity contribution >= 4 is 17.3 Å². The molecule has 1 aromatic heterocycles. The normalized spacial score (nSPS) is 11.6. The summed E-state index contributed by atoms with van der Waals surface area (Å²) in [7, 11) is 0. The van der Waals surface area contributed by atoms with Crippen molar-refractivity contribution in [1.29, 1.82) is 5.26 Å². The summed E-state index contributed by atoms with van der Waals surface area (Å²) in [6.07, 6.45) is 5.00. The molecule has 0 radical (unpaired) electrons. The first kappa shape index (κ1) is 12.3. The predicted molar refractivity (Wildman–Crippen MR) is 70.2 cm³/mol. The largest absolute Gasteiger partial charge is 0.377 e. The van der Waals surface area contributed by atoms with Crippen molar-refractivity contribution in [3.05, 3.63) is 53.1 Å². The summed E-state index contributed by atoms with van der Waals surface area (Å²) in [4.78, 5) is 8.24. The van der Waals surface area contributed by atoms with Crippen molar-refractivity contribution in [1.82, 2.24) is 9.97 Å².